The zero-order valence-electron chi connectivity index (χ0n) is 14.4. The lowest BCUT2D eigenvalue weighted by molar-refractivity contribution is -0.129. The van der Waals surface area contributed by atoms with Crippen molar-refractivity contribution >= 4 is 27.7 Å². The summed E-state index contributed by atoms with van der Waals surface area (Å²) in [4.78, 5) is 26.4. The summed E-state index contributed by atoms with van der Waals surface area (Å²) in [7, 11) is 0. The smallest absolute Gasteiger partial charge is 0.255 e. The van der Waals surface area contributed by atoms with E-state index in [0.29, 0.717) is 17.9 Å². The number of benzene rings is 2. The molecule has 1 N–H and O–H groups in total. The molecule has 0 radical (unpaired) electrons. The van der Waals surface area contributed by atoms with E-state index in [1.807, 2.05) is 30.3 Å². The van der Waals surface area contributed by atoms with Gasteiger partial charge in [-0.1, -0.05) is 40.2 Å². The van der Waals surface area contributed by atoms with Crippen LogP contribution < -0.4 is 10.1 Å². The number of hydrogen-bond acceptors (Lipinski definition) is 3. The quantitative estimate of drug-likeness (QED) is 0.784. The number of carbonyl (C=O) groups excluding carboxylic acids is 2. The van der Waals surface area contributed by atoms with Crippen molar-refractivity contribution in [1.29, 1.82) is 0 Å². The lowest BCUT2D eigenvalue weighted by Gasteiger charge is -2.16. The summed E-state index contributed by atoms with van der Waals surface area (Å²) < 4.78 is 6.81. The van der Waals surface area contributed by atoms with E-state index in [-0.39, 0.29) is 18.4 Å². The fourth-order valence-electron chi connectivity index (χ4n) is 2.90. The third-order valence-electron chi connectivity index (χ3n) is 4.27. The topological polar surface area (TPSA) is 58.6 Å². The number of halogens is 1. The van der Waals surface area contributed by atoms with Crippen LogP contribution in [0.4, 0.5) is 0 Å². The largest absolute Gasteiger partial charge is 0.488 e. The third-order valence-corrected chi connectivity index (χ3v) is 4.77. The molecule has 2 amide bonds. The van der Waals surface area contributed by atoms with Gasteiger partial charge in [0.15, 0.2) is 0 Å². The Hall–Kier alpha value is -2.34. The van der Waals surface area contributed by atoms with Gasteiger partial charge in [-0.25, -0.2) is 0 Å². The van der Waals surface area contributed by atoms with Gasteiger partial charge in [-0.05, 0) is 42.7 Å². The Morgan fingerprint density at radius 3 is 2.62 bits per heavy atom. The highest BCUT2D eigenvalue weighted by Gasteiger charge is 2.19. The van der Waals surface area contributed by atoms with Crippen molar-refractivity contribution in [3.8, 4) is 5.75 Å². The molecular weight excluding hydrogens is 396 g/mol. The van der Waals surface area contributed by atoms with Crippen molar-refractivity contribution < 1.29 is 14.3 Å². The molecule has 3 rings (SSSR count). The van der Waals surface area contributed by atoms with Gasteiger partial charge < -0.3 is 15.0 Å². The number of carbonyl (C=O) groups is 2. The Balaban J connectivity index is 1.60. The lowest BCUT2D eigenvalue weighted by Crippen LogP contribution is -2.38. The molecule has 0 aromatic heterocycles. The molecule has 136 valence electrons. The Kier molecular flexibility index (Phi) is 6.28. The highest BCUT2D eigenvalue weighted by molar-refractivity contribution is 9.10. The van der Waals surface area contributed by atoms with E-state index in [1.54, 1.807) is 23.1 Å². The average Bonchev–Trinajstić information content (AvgIpc) is 3.19. The van der Waals surface area contributed by atoms with Crippen LogP contribution in [0.25, 0.3) is 0 Å². The van der Waals surface area contributed by atoms with Crippen LogP contribution in [0.3, 0.4) is 0 Å². The Labute approximate surface area is 161 Å². The van der Waals surface area contributed by atoms with Gasteiger partial charge in [0, 0.05) is 17.6 Å². The summed E-state index contributed by atoms with van der Waals surface area (Å²) in [6.45, 7) is 1.93. The van der Waals surface area contributed by atoms with E-state index in [2.05, 4.69) is 21.2 Å². The third kappa shape index (κ3) is 4.85. The minimum Gasteiger partial charge on any atom is -0.488 e. The number of ether oxygens (including phenoxy) is 1. The average molecular weight is 417 g/mol. The summed E-state index contributed by atoms with van der Waals surface area (Å²) >= 11 is 3.43. The number of hydrogen-bond donors (Lipinski definition) is 1. The van der Waals surface area contributed by atoms with Gasteiger partial charge >= 0.3 is 0 Å². The Morgan fingerprint density at radius 1 is 1.08 bits per heavy atom. The maximum Gasteiger partial charge on any atom is 0.255 e. The Bertz CT molecular complexity index is 788. The van der Waals surface area contributed by atoms with Crippen molar-refractivity contribution in [2.75, 3.05) is 19.6 Å². The first-order valence-corrected chi connectivity index (χ1v) is 9.45. The van der Waals surface area contributed by atoms with Crippen molar-refractivity contribution in [2.45, 2.75) is 19.4 Å². The van der Waals surface area contributed by atoms with Gasteiger partial charge in [-0.15, -0.1) is 0 Å². The second-order valence-electron chi connectivity index (χ2n) is 6.19. The SMILES string of the molecule is O=C(NCC(=O)N1CCCC1)c1ccccc1OCc1cccc(Br)c1. The molecule has 0 atom stereocenters. The van der Waals surface area contributed by atoms with Gasteiger partial charge in [0.05, 0.1) is 12.1 Å². The molecular formula is C20H21BrN2O3. The van der Waals surface area contributed by atoms with Gasteiger partial charge in [-0.3, -0.25) is 9.59 Å². The maximum atomic E-state index is 12.5. The lowest BCUT2D eigenvalue weighted by atomic mass is 10.2. The van der Waals surface area contributed by atoms with Crippen molar-refractivity contribution in [3.05, 3.63) is 64.1 Å². The molecule has 2 aromatic rings. The van der Waals surface area contributed by atoms with Crippen LogP contribution in [-0.4, -0.2) is 36.3 Å². The van der Waals surface area contributed by atoms with E-state index >= 15 is 0 Å². The number of likely N-dealkylation sites (tertiary alicyclic amines) is 1. The zero-order valence-corrected chi connectivity index (χ0v) is 16.0. The first-order chi connectivity index (χ1) is 12.6. The van der Waals surface area contributed by atoms with Gasteiger partial charge in [0.2, 0.25) is 5.91 Å². The number of nitrogens with one attached hydrogen (secondary N) is 1. The van der Waals surface area contributed by atoms with Crippen LogP contribution >= 0.6 is 15.9 Å². The number of nitrogens with zero attached hydrogens (tertiary/aromatic N) is 1. The predicted octanol–water partition coefficient (Wildman–Crippen LogP) is 3.38. The fraction of sp³-hybridized carbons (Fsp3) is 0.300. The molecule has 1 aliphatic rings. The van der Waals surface area contributed by atoms with E-state index in [9.17, 15) is 9.59 Å². The molecule has 1 saturated heterocycles. The molecule has 2 aromatic carbocycles. The highest BCUT2D eigenvalue weighted by atomic mass is 79.9. The molecule has 0 unspecified atom stereocenters. The fourth-order valence-corrected chi connectivity index (χ4v) is 3.34. The van der Waals surface area contributed by atoms with Crippen LogP contribution in [-0.2, 0) is 11.4 Å². The summed E-state index contributed by atoms with van der Waals surface area (Å²) in [6.07, 6.45) is 2.07. The minimum absolute atomic E-state index is 0.0127. The van der Waals surface area contributed by atoms with Gasteiger partial charge in [-0.2, -0.15) is 0 Å². The minimum atomic E-state index is -0.303. The van der Waals surface area contributed by atoms with Gasteiger partial charge in [0.25, 0.3) is 5.91 Å². The van der Waals surface area contributed by atoms with Crippen molar-refractivity contribution in [3.63, 3.8) is 0 Å². The molecule has 1 heterocycles. The predicted molar refractivity (Wildman–Crippen MR) is 103 cm³/mol. The van der Waals surface area contributed by atoms with Crippen LogP contribution in [0, 0.1) is 0 Å². The van der Waals surface area contributed by atoms with Crippen molar-refractivity contribution in [1.82, 2.24) is 10.2 Å². The summed E-state index contributed by atoms with van der Waals surface area (Å²) in [5, 5.41) is 2.71. The van der Waals surface area contributed by atoms with Gasteiger partial charge in [0.1, 0.15) is 12.4 Å². The molecule has 6 heteroatoms. The normalized spacial score (nSPS) is 13.5. The number of rotatable bonds is 6. The highest BCUT2D eigenvalue weighted by Crippen LogP contribution is 2.20. The first kappa shape index (κ1) is 18.5. The molecule has 0 aliphatic carbocycles. The second-order valence-corrected chi connectivity index (χ2v) is 7.10. The summed E-state index contributed by atoms with van der Waals surface area (Å²) in [6, 6.07) is 14.9. The zero-order chi connectivity index (χ0) is 18.4. The molecule has 1 aliphatic heterocycles. The molecule has 26 heavy (non-hydrogen) atoms. The standard InChI is InChI=1S/C20H21BrN2O3/c21-16-7-5-6-15(12-16)14-26-18-9-2-1-8-17(18)20(25)22-13-19(24)23-10-3-4-11-23/h1-2,5-9,12H,3-4,10-11,13-14H2,(H,22,25). The monoisotopic (exact) mass is 416 g/mol. The van der Waals surface area contributed by atoms with Crippen LogP contribution in [0.15, 0.2) is 53.0 Å². The van der Waals surface area contributed by atoms with E-state index in [1.165, 1.54) is 0 Å². The Morgan fingerprint density at radius 2 is 1.85 bits per heavy atom. The van der Waals surface area contributed by atoms with E-state index < -0.39 is 0 Å². The number of para-hydroxylation sites is 1. The van der Waals surface area contributed by atoms with E-state index in [4.69, 9.17) is 4.74 Å². The summed E-state index contributed by atoms with van der Waals surface area (Å²) in [5.74, 6) is 0.157. The number of amides is 2. The molecule has 5 nitrogen and oxygen atoms in total. The van der Waals surface area contributed by atoms with Crippen LogP contribution in [0.5, 0.6) is 5.75 Å². The van der Waals surface area contributed by atoms with Crippen LogP contribution in [0.2, 0.25) is 0 Å². The maximum absolute atomic E-state index is 12.5. The van der Waals surface area contributed by atoms with Crippen molar-refractivity contribution in [2.24, 2.45) is 0 Å². The molecule has 1 fully saturated rings. The molecule has 0 bridgehead atoms. The van der Waals surface area contributed by atoms with E-state index in [0.717, 1.165) is 36.0 Å². The van der Waals surface area contributed by atoms with Crippen LogP contribution in [0.1, 0.15) is 28.8 Å². The second kappa shape index (κ2) is 8.85. The molecule has 0 saturated carbocycles. The first-order valence-electron chi connectivity index (χ1n) is 8.66. The molecule has 0 spiro atoms. The summed E-state index contributed by atoms with van der Waals surface area (Å²) in [5.41, 5.74) is 1.43.